The van der Waals surface area contributed by atoms with E-state index >= 15 is 0 Å². The first-order valence-corrected chi connectivity index (χ1v) is 9.94. The van der Waals surface area contributed by atoms with E-state index in [9.17, 15) is 13.2 Å². The fraction of sp³-hybridized carbons (Fsp3) is 0.471. The maximum atomic E-state index is 12.8. The van der Waals surface area contributed by atoms with Crippen LogP contribution in [0, 0.1) is 0 Å². The quantitative estimate of drug-likeness (QED) is 0.866. The van der Waals surface area contributed by atoms with Gasteiger partial charge in [0.15, 0.2) is 0 Å². The van der Waals surface area contributed by atoms with E-state index in [-0.39, 0.29) is 23.7 Å². The average molecular weight is 369 g/mol. The van der Waals surface area contributed by atoms with Crippen molar-refractivity contribution in [3.8, 4) is 0 Å². The highest BCUT2D eigenvalue weighted by atomic mass is 32.2. The molecule has 0 unspecified atom stereocenters. The highest BCUT2D eigenvalue weighted by molar-refractivity contribution is 7.89. The Morgan fingerprint density at radius 3 is 2.24 bits per heavy atom. The zero-order valence-corrected chi connectivity index (χ0v) is 16.0. The summed E-state index contributed by atoms with van der Waals surface area (Å²) in [4.78, 5) is 14.4. The number of para-hydroxylation sites is 1. The van der Waals surface area contributed by atoms with Crippen LogP contribution in [0.3, 0.4) is 0 Å². The number of aromatic amines is 1. The van der Waals surface area contributed by atoms with E-state index < -0.39 is 15.9 Å². The Kier molecular flexibility index (Phi) is 8.08. The minimum Gasteiger partial charge on any atom is -0.379 e. The van der Waals surface area contributed by atoms with Crippen molar-refractivity contribution in [2.75, 3.05) is 26.3 Å². The molecule has 0 saturated carbocycles. The third-order valence-corrected chi connectivity index (χ3v) is 5.46. The monoisotopic (exact) mass is 369 g/mol. The number of nitrogens with zero attached hydrogens (tertiary/aromatic N) is 1. The molecule has 2 heterocycles. The second-order valence-corrected chi connectivity index (χ2v) is 6.63. The summed E-state index contributed by atoms with van der Waals surface area (Å²) in [5.74, 6) is -0.793. The van der Waals surface area contributed by atoms with E-state index in [1.807, 2.05) is 27.7 Å². The van der Waals surface area contributed by atoms with Gasteiger partial charge in [-0.3, -0.25) is 4.79 Å². The van der Waals surface area contributed by atoms with E-state index in [4.69, 9.17) is 10.5 Å². The number of nitrogens with one attached hydrogen (secondary N) is 1. The third kappa shape index (κ3) is 4.39. The molecule has 0 aliphatic carbocycles. The topological polar surface area (TPSA) is 105 Å². The van der Waals surface area contributed by atoms with Gasteiger partial charge in [0.05, 0.1) is 13.2 Å². The van der Waals surface area contributed by atoms with Crippen molar-refractivity contribution in [3.63, 3.8) is 0 Å². The van der Waals surface area contributed by atoms with Crippen LogP contribution in [-0.2, 0) is 14.8 Å². The molecule has 2 aromatic rings. The molecule has 8 heteroatoms. The number of ether oxygens (including phenoxy) is 1. The van der Waals surface area contributed by atoms with Crippen LogP contribution in [-0.4, -0.2) is 49.9 Å². The summed E-state index contributed by atoms with van der Waals surface area (Å²) in [5.41, 5.74) is 5.81. The number of morpholine rings is 1. The summed E-state index contributed by atoms with van der Waals surface area (Å²) in [6.07, 6.45) is 0. The molecule has 1 fully saturated rings. The molecule has 1 saturated heterocycles. The zero-order chi connectivity index (χ0) is 19.0. The molecule has 25 heavy (non-hydrogen) atoms. The van der Waals surface area contributed by atoms with Gasteiger partial charge in [0.1, 0.15) is 10.6 Å². The van der Waals surface area contributed by atoms with Crippen molar-refractivity contribution in [1.82, 2.24) is 9.29 Å². The molecule has 0 atom stereocenters. The van der Waals surface area contributed by atoms with Crippen molar-refractivity contribution in [3.05, 3.63) is 30.0 Å². The lowest BCUT2D eigenvalue weighted by molar-refractivity contribution is 0.0730. The first-order chi connectivity index (χ1) is 12.0. The van der Waals surface area contributed by atoms with Crippen LogP contribution >= 0.6 is 0 Å². The number of carbonyl (C=O) groups is 1. The lowest BCUT2D eigenvalue weighted by atomic mass is 10.2. The molecule has 7 nitrogen and oxygen atoms in total. The van der Waals surface area contributed by atoms with E-state index in [1.54, 1.807) is 24.3 Å². The predicted octanol–water partition coefficient (Wildman–Crippen LogP) is 2.34. The maximum absolute atomic E-state index is 12.8. The molecule has 1 aliphatic heterocycles. The van der Waals surface area contributed by atoms with Crippen molar-refractivity contribution in [2.24, 2.45) is 5.73 Å². The summed E-state index contributed by atoms with van der Waals surface area (Å²) in [5, 5.41) is 0.470. The second kappa shape index (κ2) is 9.55. The van der Waals surface area contributed by atoms with Crippen molar-refractivity contribution in [1.29, 1.82) is 0 Å². The summed E-state index contributed by atoms with van der Waals surface area (Å²) < 4.78 is 32.2. The number of aromatic nitrogens is 1. The van der Waals surface area contributed by atoms with E-state index in [1.165, 1.54) is 4.31 Å². The number of H-pyrrole nitrogens is 1. The zero-order valence-electron chi connectivity index (χ0n) is 15.2. The predicted molar refractivity (Wildman–Crippen MR) is 99.1 cm³/mol. The largest absolute Gasteiger partial charge is 0.379 e. The molecule has 0 bridgehead atoms. The summed E-state index contributed by atoms with van der Waals surface area (Å²) in [6.45, 7) is 9.21. The van der Waals surface area contributed by atoms with Gasteiger partial charge in [-0.15, -0.1) is 0 Å². The minimum atomic E-state index is -3.80. The van der Waals surface area contributed by atoms with E-state index in [2.05, 4.69) is 4.98 Å². The van der Waals surface area contributed by atoms with Crippen molar-refractivity contribution >= 4 is 26.8 Å². The second-order valence-electron chi connectivity index (χ2n) is 4.76. The lowest BCUT2D eigenvalue weighted by Gasteiger charge is -2.26. The molecule has 1 aromatic carbocycles. The molecular formula is C17H27N3O4S. The molecule has 0 radical (unpaired) electrons. The number of benzene rings is 1. The van der Waals surface area contributed by atoms with Gasteiger partial charge in [-0.2, -0.15) is 4.31 Å². The molecule has 140 valence electrons. The number of hydrogen-bond acceptors (Lipinski definition) is 4. The normalized spacial score (nSPS) is 14.9. The highest BCUT2D eigenvalue weighted by Gasteiger charge is 2.33. The van der Waals surface area contributed by atoms with E-state index in [0.717, 1.165) is 0 Å². The van der Waals surface area contributed by atoms with Gasteiger partial charge in [-0.1, -0.05) is 45.9 Å². The number of rotatable bonds is 3. The number of hydrogen-bond donors (Lipinski definition) is 2. The maximum Gasteiger partial charge on any atom is 0.266 e. The van der Waals surface area contributed by atoms with Gasteiger partial charge < -0.3 is 15.5 Å². The molecule has 3 rings (SSSR count). The van der Waals surface area contributed by atoms with Crippen LogP contribution in [0.1, 0.15) is 38.2 Å². The van der Waals surface area contributed by atoms with E-state index in [0.29, 0.717) is 24.1 Å². The molecule has 1 amide bonds. The van der Waals surface area contributed by atoms with Gasteiger partial charge in [0.2, 0.25) is 10.0 Å². The van der Waals surface area contributed by atoms with Crippen LogP contribution in [0.4, 0.5) is 0 Å². The molecular weight excluding hydrogens is 342 g/mol. The molecule has 1 aromatic heterocycles. The average Bonchev–Trinajstić information content (AvgIpc) is 3.06. The van der Waals surface area contributed by atoms with Crippen molar-refractivity contribution < 1.29 is 17.9 Å². The Bertz CT molecular complexity index is 793. The van der Waals surface area contributed by atoms with Gasteiger partial charge in [0.25, 0.3) is 5.91 Å². The molecule has 3 N–H and O–H groups in total. The van der Waals surface area contributed by atoms with Crippen LogP contribution in [0.5, 0.6) is 0 Å². The molecule has 0 spiro atoms. The SMILES string of the molecule is CC.CC.NC(=O)c1[nH]c2ccccc2c1S(=O)(=O)N1CCOCC1. The smallest absolute Gasteiger partial charge is 0.266 e. The standard InChI is InChI=1S/C13H15N3O4S.2C2H6/c14-13(17)11-12(9-3-1-2-4-10(9)15-11)21(18,19)16-5-7-20-8-6-16;2*1-2/h1-4,15H,5-8H2,(H2,14,17);2*1-2H3. The summed E-state index contributed by atoms with van der Waals surface area (Å²) >= 11 is 0. The van der Waals surface area contributed by atoms with Gasteiger partial charge in [-0.05, 0) is 6.07 Å². The first-order valence-electron chi connectivity index (χ1n) is 8.50. The van der Waals surface area contributed by atoms with Crippen LogP contribution in [0.2, 0.25) is 0 Å². The molecule has 1 aliphatic rings. The lowest BCUT2D eigenvalue weighted by Crippen LogP contribution is -2.41. The number of sulfonamides is 1. The Balaban J connectivity index is 0.000000730. The van der Waals surface area contributed by atoms with Crippen LogP contribution in [0.15, 0.2) is 29.2 Å². The van der Waals surface area contributed by atoms with Gasteiger partial charge >= 0.3 is 0 Å². The Morgan fingerprint density at radius 2 is 1.68 bits per heavy atom. The highest BCUT2D eigenvalue weighted by Crippen LogP contribution is 2.29. The van der Waals surface area contributed by atoms with Crippen LogP contribution < -0.4 is 5.73 Å². The fourth-order valence-corrected chi connectivity index (χ4v) is 4.23. The number of fused-ring (bicyclic) bond motifs is 1. The Hall–Kier alpha value is -1.90. The van der Waals surface area contributed by atoms with Gasteiger partial charge in [0, 0.05) is 24.0 Å². The number of amides is 1. The summed E-state index contributed by atoms with van der Waals surface area (Å²) in [7, 11) is -3.80. The number of nitrogens with two attached hydrogens (primary N) is 1. The number of carbonyl (C=O) groups excluding carboxylic acids is 1. The minimum absolute atomic E-state index is 0.0486. The van der Waals surface area contributed by atoms with Gasteiger partial charge in [-0.25, -0.2) is 8.42 Å². The van der Waals surface area contributed by atoms with Crippen LogP contribution in [0.25, 0.3) is 10.9 Å². The first kappa shape index (κ1) is 21.1. The fourth-order valence-electron chi connectivity index (χ4n) is 2.47. The van der Waals surface area contributed by atoms with Crippen molar-refractivity contribution in [2.45, 2.75) is 32.6 Å². The summed E-state index contributed by atoms with van der Waals surface area (Å²) in [6, 6.07) is 6.85. The Labute approximate surface area is 149 Å². The Morgan fingerprint density at radius 1 is 1.12 bits per heavy atom. The third-order valence-electron chi connectivity index (χ3n) is 3.47. The number of primary amides is 1.